The lowest BCUT2D eigenvalue weighted by Gasteiger charge is -2.42. The number of phosphoric ester groups is 1. The van der Waals surface area contributed by atoms with Gasteiger partial charge in [0.25, 0.3) is 0 Å². The molecule has 216 valence electrons. The Morgan fingerprint density at radius 1 is 0.878 bits per heavy atom. The summed E-state index contributed by atoms with van der Waals surface area (Å²) in [5.74, 6) is -2.91. The van der Waals surface area contributed by atoms with Crippen molar-refractivity contribution in [2.45, 2.75) is 30.7 Å². The quantitative estimate of drug-likeness (QED) is 0.121. The molecule has 1 fully saturated rings. The molecule has 0 aliphatic carbocycles. The smallest absolute Gasteiger partial charge is 0.459 e. The summed E-state index contributed by atoms with van der Waals surface area (Å²) in [6.07, 6.45) is -6.66. The molecule has 0 unspecified atom stereocenters. The zero-order valence-electron chi connectivity index (χ0n) is 21.1. The van der Waals surface area contributed by atoms with Crippen molar-refractivity contribution < 1.29 is 57.3 Å². The van der Waals surface area contributed by atoms with Crippen LogP contribution in [0.2, 0.25) is 0 Å². The Morgan fingerprint density at radius 3 is 2.22 bits per heavy atom. The Balaban J connectivity index is 1.64. The van der Waals surface area contributed by atoms with Gasteiger partial charge in [-0.25, -0.2) is 18.9 Å². The fourth-order valence-corrected chi connectivity index (χ4v) is 4.43. The zero-order valence-corrected chi connectivity index (χ0v) is 22.0. The highest BCUT2D eigenvalue weighted by atomic mass is 31.2. The van der Waals surface area contributed by atoms with Gasteiger partial charge in [-0.05, 0) is 36.4 Å². The highest BCUT2D eigenvalue weighted by molar-refractivity contribution is 7.46. The summed E-state index contributed by atoms with van der Waals surface area (Å²) < 4.78 is 38.3. The first-order valence-corrected chi connectivity index (χ1v) is 13.5. The average Bonchev–Trinajstić information content (AvgIpc) is 2.95. The van der Waals surface area contributed by atoms with Crippen molar-refractivity contribution in [3.8, 4) is 0 Å². The summed E-state index contributed by atoms with van der Waals surface area (Å²) in [4.78, 5) is 61.3. The Hall–Kier alpha value is -4.17. The molecule has 4 rings (SSSR count). The number of nitrogens with zero attached hydrogens (tertiary/aromatic N) is 1. The van der Waals surface area contributed by atoms with Gasteiger partial charge in [0.15, 0.2) is 6.10 Å². The first-order valence-electron chi connectivity index (χ1n) is 12.0. The minimum Gasteiger partial charge on any atom is -0.459 e. The molecule has 0 saturated carbocycles. The third-order valence-corrected chi connectivity index (χ3v) is 6.33. The maximum atomic E-state index is 13.0. The number of pyridine rings is 1. The molecule has 41 heavy (non-hydrogen) atoms. The molecule has 2 aromatic carbocycles. The van der Waals surface area contributed by atoms with E-state index in [2.05, 4.69) is 4.98 Å². The maximum absolute atomic E-state index is 13.0. The van der Waals surface area contributed by atoms with Crippen LogP contribution in [0.25, 0.3) is 0 Å². The maximum Gasteiger partial charge on any atom is 0.470 e. The second-order valence-corrected chi connectivity index (χ2v) is 9.85. The van der Waals surface area contributed by atoms with Crippen LogP contribution in [-0.4, -0.2) is 75.1 Å². The Bertz CT molecular complexity index is 1420. The lowest BCUT2D eigenvalue weighted by atomic mass is 9.99. The second kappa shape index (κ2) is 13.0. The SMILES string of the molecule is Nc1ccccc1C(=O)O[C@@H]1O[C@H](COC(=O)c2cccnc2)[C@@H](O)[C@H](OP(=O)(O)O)[C@H]1OC(=O)c1ccccc1. The standard InChI is InChI=1S/C26H25N2O12P/c27-18-11-5-4-10-17(18)25(32)39-26-22(38-24(31)15-7-2-1-3-8-15)21(40-41(33,34)35)20(29)19(37-26)14-36-23(30)16-9-6-12-28-13-16/h1-13,19-22,26,29H,14,27H2,(H2,33,34,35)/t19-,20-,21+,22-,26+/m1/s1. The minimum atomic E-state index is -5.35. The second-order valence-electron chi connectivity index (χ2n) is 8.66. The lowest BCUT2D eigenvalue weighted by molar-refractivity contribution is -0.281. The van der Waals surface area contributed by atoms with Crippen LogP contribution < -0.4 is 5.73 Å². The molecule has 1 aliphatic rings. The first kappa shape index (κ1) is 29.8. The van der Waals surface area contributed by atoms with E-state index in [1.54, 1.807) is 12.1 Å². The van der Waals surface area contributed by atoms with E-state index in [4.69, 9.17) is 29.2 Å². The van der Waals surface area contributed by atoms with Gasteiger partial charge in [-0.3, -0.25) is 9.51 Å². The molecule has 0 radical (unpaired) electrons. The van der Waals surface area contributed by atoms with E-state index in [1.165, 1.54) is 67.0 Å². The van der Waals surface area contributed by atoms with Crippen LogP contribution in [0.15, 0.2) is 79.1 Å². The van der Waals surface area contributed by atoms with E-state index >= 15 is 0 Å². The molecular weight excluding hydrogens is 563 g/mol. The summed E-state index contributed by atoms with van der Waals surface area (Å²) in [5.41, 5.74) is 5.90. The van der Waals surface area contributed by atoms with Gasteiger partial charge in [0, 0.05) is 18.1 Å². The Kier molecular flexibility index (Phi) is 9.45. The number of aliphatic hydroxyl groups is 1. The van der Waals surface area contributed by atoms with E-state index in [0.29, 0.717) is 0 Å². The number of aromatic nitrogens is 1. The van der Waals surface area contributed by atoms with Gasteiger partial charge in [0.05, 0.1) is 16.7 Å². The number of rotatable bonds is 9. The van der Waals surface area contributed by atoms with Gasteiger partial charge in [-0.2, -0.15) is 0 Å². The van der Waals surface area contributed by atoms with Crippen LogP contribution >= 0.6 is 7.82 Å². The molecule has 14 nitrogen and oxygen atoms in total. The van der Waals surface area contributed by atoms with Crippen molar-refractivity contribution in [1.29, 1.82) is 0 Å². The Morgan fingerprint density at radius 2 is 1.56 bits per heavy atom. The number of ether oxygens (including phenoxy) is 4. The molecule has 0 bridgehead atoms. The number of aliphatic hydroxyl groups excluding tert-OH is 1. The number of hydrogen-bond acceptors (Lipinski definition) is 12. The van der Waals surface area contributed by atoms with Crippen LogP contribution in [0.5, 0.6) is 0 Å². The number of nitrogens with two attached hydrogens (primary N) is 1. The zero-order chi connectivity index (χ0) is 29.6. The largest absolute Gasteiger partial charge is 0.470 e. The number of para-hydroxylation sites is 1. The fourth-order valence-electron chi connectivity index (χ4n) is 3.87. The van der Waals surface area contributed by atoms with E-state index in [0.717, 1.165) is 0 Å². The van der Waals surface area contributed by atoms with Crippen LogP contribution in [0.3, 0.4) is 0 Å². The van der Waals surface area contributed by atoms with Crippen molar-refractivity contribution in [1.82, 2.24) is 4.98 Å². The van der Waals surface area contributed by atoms with Crippen molar-refractivity contribution in [3.63, 3.8) is 0 Å². The fraction of sp³-hybridized carbons (Fsp3) is 0.231. The number of carbonyl (C=O) groups is 3. The number of nitrogen functional groups attached to an aromatic ring is 1. The molecule has 0 amide bonds. The number of phosphoric acid groups is 1. The van der Waals surface area contributed by atoms with Crippen LogP contribution in [0, 0.1) is 0 Å². The number of carbonyl (C=O) groups excluding carboxylic acids is 3. The molecule has 5 N–H and O–H groups in total. The highest BCUT2D eigenvalue weighted by Gasteiger charge is 2.52. The van der Waals surface area contributed by atoms with Crippen LogP contribution in [0.1, 0.15) is 31.1 Å². The lowest BCUT2D eigenvalue weighted by Crippen LogP contribution is -2.61. The third-order valence-electron chi connectivity index (χ3n) is 5.81. The monoisotopic (exact) mass is 588 g/mol. The molecule has 0 spiro atoms. The van der Waals surface area contributed by atoms with Crippen LogP contribution in [-0.2, 0) is 28.0 Å². The third kappa shape index (κ3) is 7.73. The normalized spacial score (nSPS) is 22.4. The average molecular weight is 588 g/mol. The summed E-state index contributed by atoms with van der Waals surface area (Å²) >= 11 is 0. The molecule has 5 atom stereocenters. The van der Waals surface area contributed by atoms with Gasteiger partial charge in [-0.1, -0.05) is 30.3 Å². The van der Waals surface area contributed by atoms with E-state index in [9.17, 15) is 33.8 Å². The topological polar surface area (TPSA) is 214 Å². The van der Waals surface area contributed by atoms with E-state index < -0.39 is 63.0 Å². The van der Waals surface area contributed by atoms with Crippen LogP contribution in [0.4, 0.5) is 5.69 Å². The highest BCUT2D eigenvalue weighted by Crippen LogP contribution is 2.42. The van der Waals surface area contributed by atoms with Crippen molar-refractivity contribution in [2.24, 2.45) is 0 Å². The van der Waals surface area contributed by atoms with Crippen molar-refractivity contribution >= 4 is 31.4 Å². The van der Waals surface area contributed by atoms with Gasteiger partial charge >= 0.3 is 25.7 Å². The number of benzene rings is 2. The van der Waals surface area contributed by atoms with Crippen molar-refractivity contribution in [3.05, 3.63) is 95.8 Å². The first-order chi connectivity index (χ1) is 19.5. The molecule has 1 aliphatic heterocycles. The van der Waals surface area contributed by atoms with Gasteiger partial charge < -0.3 is 39.6 Å². The van der Waals surface area contributed by atoms with Crippen molar-refractivity contribution in [2.75, 3.05) is 12.3 Å². The minimum absolute atomic E-state index is 0.0295. The predicted octanol–water partition coefficient (Wildman–Crippen LogP) is 1.47. The summed E-state index contributed by atoms with van der Waals surface area (Å²) in [6.45, 7) is -0.684. The molecule has 2 heterocycles. The van der Waals surface area contributed by atoms with Gasteiger partial charge in [0.1, 0.15) is 24.9 Å². The van der Waals surface area contributed by atoms with Gasteiger partial charge in [0.2, 0.25) is 6.29 Å². The number of anilines is 1. The molecule has 15 heteroatoms. The van der Waals surface area contributed by atoms with Gasteiger partial charge in [-0.15, -0.1) is 0 Å². The summed E-state index contributed by atoms with van der Waals surface area (Å²) in [5, 5.41) is 11.0. The van der Waals surface area contributed by atoms with E-state index in [-0.39, 0.29) is 22.4 Å². The molecule has 1 aromatic heterocycles. The summed E-state index contributed by atoms with van der Waals surface area (Å²) in [7, 11) is -5.35. The predicted molar refractivity (Wildman–Crippen MR) is 138 cm³/mol. The number of hydrogen-bond donors (Lipinski definition) is 4. The van der Waals surface area contributed by atoms with E-state index in [1.807, 2.05) is 0 Å². The molecule has 1 saturated heterocycles. The summed E-state index contributed by atoms with van der Waals surface area (Å²) in [6, 6.07) is 16.3. The number of esters is 3. The Labute approximate surface area is 232 Å². The molecule has 3 aromatic rings. The molecular formula is C26H25N2O12P.